The molecule has 0 aliphatic carbocycles. The molecule has 0 spiro atoms. The molecule has 0 saturated carbocycles. The minimum Gasteiger partial charge on any atom is -0.352 e. The summed E-state index contributed by atoms with van der Waals surface area (Å²) in [6, 6.07) is 0. The quantitative estimate of drug-likeness (QED) is 0.417. The van der Waals surface area contributed by atoms with Crippen molar-refractivity contribution < 1.29 is 9.45 Å². The van der Waals surface area contributed by atoms with Gasteiger partial charge < -0.3 is 4.52 Å². The standard InChI is InChI=1S/C6H9N5O3/c1-4-5(11(12)13)6(8-14-4)7-9-10(2)3/h1-3H3. The predicted molar refractivity (Wildman–Crippen MR) is 46.1 cm³/mol. The third-order valence-corrected chi connectivity index (χ3v) is 1.32. The fraction of sp³-hybridized carbons (Fsp3) is 0.500. The molecular formula is C6H9N5O3. The van der Waals surface area contributed by atoms with E-state index in [1.165, 1.54) is 11.9 Å². The highest BCUT2D eigenvalue weighted by Crippen LogP contribution is 2.29. The van der Waals surface area contributed by atoms with Crippen LogP contribution in [0.25, 0.3) is 0 Å². The Balaban J connectivity index is 3.04. The zero-order valence-corrected chi connectivity index (χ0v) is 7.96. The van der Waals surface area contributed by atoms with Crippen molar-refractivity contribution in [2.24, 2.45) is 10.3 Å². The van der Waals surface area contributed by atoms with Crippen molar-refractivity contribution in [2.75, 3.05) is 14.1 Å². The van der Waals surface area contributed by atoms with Crippen molar-refractivity contribution in [2.45, 2.75) is 6.92 Å². The maximum Gasteiger partial charge on any atom is 0.359 e. The summed E-state index contributed by atoms with van der Waals surface area (Å²) in [5.74, 6) is -0.0103. The summed E-state index contributed by atoms with van der Waals surface area (Å²) < 4.78 is 4.63. The molecule has 0 saturated heterocycles. The van der Waals surface area contributed by atoms with E-state index in [-0.39, 0.29) is 17.3 Å². The third kappa shape index (κ3) is 2.03. The Labute approximate surface area is 79.3 Å². The minimum atomic E-state index is -0.601. The van der Waals surface area contributed by atoms with Gasteiger partial charge in [-0.15, -0.1) is 5.11 Å². The van der Waals surface area contributed by atoms with Gasteiger partial charge in [-0.05, 0) is 5.16 Å². The van der Waals surface area contributed by atoms with Crippen LogP contribution in [-0.2, 0) is 0 Å². The van der Waals surface area contributed by atoms with E-state index in [0.29, 0.717) is 0 Å². The Morgan fingerprint density at radius 2 is 2.21 bits per heavy atom. The Morgan fingerprint density at radius 1 is 1.57 bits per heavy atom. The summed E-state index contributed by atoms with van der Waals surface area (Å²) >= 11 is 0. The van der Waals surface area contributed by atoms with Gasteiger partial charge in [-0.1, -0.05) is 5.22 Å². The Kier molecular flexibility index (Phi) is 2.75. The zero-order valence-electron chi connectivity index (χ0n) is 7.96. The molecule has 14 heavy (non-hydrogen) atoms. The number of aryl methyl sites for hydroxylation is 1. The van der Waals surface area contributed by atoms with E-state index in [2.05, 4.69) is 20.0 Å². The first-order chi connectivity index (χ1) is 6.52. The number of nitro groups is 1. The molecule has 8 heteroatoms. The summed E-state index contributed by atoms with van der Waals surface area (Å²) in [5.41, 5.74) is -0.254. The molecule has 1 aromatic heterocycles. The Hall–Kier alpha value is -1.99. The van der Waals surface area contributed by atoms with Gasteiger partial charge in [0.2, 0.25) is 5.76 Å². The highest BCUT2D eigenvalue weighted by molar-refractivity contribution is 5.52. The molecule has 0 aliphatic rings. The van der Waals surface area contributed by atoms with Gasteiger partial charge in [-0.3, -0.25) is 15.1 Å². The van der Waals surface area contributed by atoms with Crippen molar-refractivity contribution in [1.82, 2.24) is 10.2 Å². The third-order valence-electron chi connectivity index (χ3n) is 1.32. The van der Waals surface area contributed by atoms with E-state index in [9.17, 15) is 10.1 Å². The lowest BCUT2D eigenvalue weighted by Gasteiger charge is -1.97. The molecule has 0 atom stereocenters. The van der Waals surface area contributed by atoms with Gasteiger partial charge in [0, 0.05) is 21.0 Å². The van der Waals surface area contributed by atoms with Gasteiger partial charge in [0.15, 0.2) is 0 Å². The lowest BCUT2D eigenvalue weighted by Crippen LogP contribution is -1.99. The molecule has 0 radical (unpaired) electrons. The molecule has 8 nitrogen and oxygen atoms in total. The molecule has 1 rings (SSSR count). The van der Waals surface area contributed by atoms with Crippen molar-refractivity contribution in [3.63, 3.8) is 0 Å². The van der Waals surface area contributed by atoms with Gasteiger partial charge in [-0.25, -0.2) is 0 Å². The number of aromatic nitrogens is 1. The van der Waals surface area contributed by atoms with Crippen molar-refractivity contribution >= 4 is 11.5 Å². The van der Waals surface area contributed by atoms with Crippen molar-refractivity contribution in [1.29, 1.82) is 0 Å². The van der Waals surface area contributed by atoms with E-state index < -0.39 is 4.92 Å². The van der Waals surface area contributed by atoms with E-state index in [0.717, 1.165) is 0 Å². The van der Waals surface area contributed by atoms with Crippen LogP contribution in [0, 0.1) is 17.0 Å². The zero-order chi connectivity index (χ0) is 10.7. The van der Waals surface area contributed by atoms with Crippen LogP contribution in [0.15, 0.2) is 14.9 Å². The average Bonchev–Trinajstić information content (AvgIpc) is 2.43. The van der Waals surface area contributed by atoms with E-state index in [4.69, 9.17) is 0 Å². The summed E-state index contributed by atoms with van der Waals surface area (Å²) in [6.45, 7) is 1.44. The SMILES string of the molecule is Cc1onc(N=NN(C)C)c1[N+](=O)[O-]. The molecule has 0 amide bonds. The molecular weight excluding hydrogens is 190 g/mol. The van der Waals surface area contributed by atoms with Crippen LogP contribution in [0.3, 0.4) is 0 Å². The van der Waals surface area contributed by atoms with E-state index in [1.54, 1.807) is 14.1 Å². The number of hydrogen-bond donors (Lipinski definition) is 0. The average molecular weight is 199 g/mol. The highest BCUT2D eigenvalue weighted by atomic mass is 16.6. The van der Waals surface area contributed by atoms with E-state index >= 15 is 0 Å². The fourth-order valence-corrected chi connectivity index (χ4v) is 0.763. The first kappa shape index (κ1) is 10.1. The molecule has 0 fully saturated rings. The van der Waals surface area contributed by atoms with Crippen LogP contribution in [0.2, 0.25) is 0 Å². The van der Waals surface area contributed by atoms with Crippen LogP contribution in [0.4, 0.5) is 11.5 Å². The monoisotopic (exact) mass is 199 g/mol. The molecule has 1 aromatic rings. The Bertz CT molecular complexity index is 370. The second-order valence-corrected chi connectivity index (χ2v) is 2.70. The van der Waals surface area contributed by atoms with Crippen LogP contribution >= 0.6 is 0 Å². The molecule has 76 valence electrons. The molecule has 1 heterocycles. The highest BCUT2D eigenvalue weighted by Gasteiger charge is 2.24. The molecule has 0 aliphatic heterocycles. The van der Waals surface area contributed by atoms with E-state index in [1.807, 2.05) is 0 Å². The van der Waals surface area contributed by atoms with Crippen LogP contribution < -0.4 is 0 Å². The molecule has 0 N–H and O–H groups in total. The van der Waals surface area contributed by atoms with Crippen LogP contribution in [-0.4, -0.2) is 29.2 Å². The Morgan fingerprint density at radius 3 is 2.71 bits per heavy atom. The lowest BCUT2D eigenvalue weighted by atomic mass is 10.4. The fourth-order valence-electron chi connectivity index (χ4n) is 0.763. The van der Waals surface area contributed by atoms with Gasteiger partial charge in [-0.2, -0.15) is 0 Å². The van der Waals surface area contributed by atoms with Crippen molar-refractivity contribution in [3.8, 4) is 0 Å². The predicted octanol–water partition coefficient (Wildman–Crippen LogP) is 1.45. The maximum absolute atomic E-state index is 10.5. The maximum atomic E-state index is 10.5. The summed E-state index contributed by atoms with van der Waals surface area (Å²) in [7, 11) is 3.28. The number of hydrogen-bond acceptors (Lipinski definition) is 6. The van der Waals surface area contributed by atoms with Crippen molar-refractivity contribution in [3.05, 3.63) is 15.9 Å². The second-order valence-electron chi connectivity index (χ2n) is 2.70. The van der Waals surface area contributed by atoms with Gasteiger partial charge in [0.25, 0.3) is 5.82 Å². The van der Waals surface area contributed by atoms with Crippen LogP contribution in [0.5, 0.6) is 0 Å². The summed E-state index contributed by atoms with van der Waals surface area (Å²) in [5, 5.41) is 22.5. The molecule has 0 unspecified atom stereocenters. The largest absolute Gasteiger partial charge is 0.359 e. The number of nitrogens with zero attached hydrogens (tertiary/aromatic N) is 5. The molecule has 0 bridgehead atoms. The van der Waals surface area contributed by atoms with Gasteiger partial charge >= 0.3 is 5.69 Å². The normalized spacial score (nSPS) is 10.8. The lowest BCUT2D eigenvalue weighted by molar-refractivity contribution is -0.385. The first-order valence-electron chi connectivity index (χ1n) is 3.72. The summed E-state index contributed by atoms with van der Waals surface area (Å²) in [6.07, 6.45) is 0. The number of rotatable bonds is 3. The van der Waals surface area contributed by atoms with Gasteiger partial charge in [0.05, 0.1) is 4.92 Å². The van der Waals surface area contributed by atoms with Gasteiger partial charge in [0.1, 0.15) is 0 Å². The first-order valence-corrected chi connectivity index (χ1v) is 3.72. The smallest absolute Gasteiger partial charge is 0.352 e. The molecule has 0 aromatic carbocycles. The summed E-state index contributed by atoms with van der Waals surface area (Å²) in [4.78, 5) is 9.94. The topological polar surface area (TPSA) is 97.1 Å². The van der Waals surface area contributed by atoms with Crippen LogP contribution in [0.1, 0.15) is 5.76 Å². The minimum absolute atomic E-state index is 0.114. The second kappa shape index (κ2) is 3.81.